The molecule has 0 radical (unpaired) electrons. The molecule has 0 fully saturated rings. The minimum Gasteiger partial charge on any atom is -0.497 e. The summed E-state index contributed by atoms with van der Waals surface area (Å²) in [6, 6.07) is 7.54. The molecule has 1 aromatic rings. The molecular weight excluding hydrogens is 228 g/mol. The summed E-state index contributed by atoms with van der Waals surface area (Å²) in [5.74, 6) is 0.346. The number of carbonyl (C=O) groups excluding carboxylic acids is 1. The van der Waals surface area contributed by atoms with Gasteiger partial charge in [-0.25, -0.2) is 0 Å². The van der Waals surface area contributed by atoms with Crippen LogP contribution in [0.25, 0.3) is 0 Å². The zero-order valence-corrected chi connectivity index (χ0v) is 11.4. The zero-order chi connectivity index (χ0) is 13.4. The molecule has 3 heteroatoms. The Bertz CT molecular complexity index is 374. The van der Waals surface area contributed by atoms with Gasteiger partial charge in [-0.15, -0.1) is 0 Å². The molecule has 0 N–H and O–H groups in total. The Balaban J connectivity index is 2.51. The van der Waals surface area contributed by atoms with E-state index in [0.29, 0.717) is 6.61 Å². The summed E-state index contributed by atoms with van der Waals surface area (Å²) in [5, 5.41) is 0. The highest BCUT2D eigenvalue weighted by molar-refractivity contribution is 5.77. The average molecular weight is 250 g/mol. The Morgan fingerprint density at radius 3 is 2.78 bits per heavy atom. The zero-order valence-electron chi connectivity index (χ0n) is 11.4. The molecule has 0 saturated carbocycles. The van der Waals surface area contributed by atoms with Crippen LogP contribution in [0.2, 0.25) is 0 Å². The van der Waals surface area contributed by atoms with Gasteiger partial charge in [0.15, 0.2) is 0 Å². The van der Waals surface area contributed by atoms with E-state index >= 15 is 0 Å². The molecule has 1 atom stereocenters. The molecule has 1 rings (SSSR count). The first-order chi connectivity index (χ1) is 8.69. The highest BCUT2D eigenvalue weighted by atomic mass is 16.5. The maximum atomic E-state index is 11.8. The maximum absolute atomic E-state index is 11.8. The van der Waals surface area contributed by atoms with Gasteiger partial charge in [-0.1, -0.05) is 31.9 Å². The average Bonchev–Trinajstić information content (AvgIpc) is 2.42. The Hall–Kier alpha value is -1.51. The van der Waals surface area contributed by atoms with Crippen LogP contribution in [0.4, 0.5) is 0 Å². The van der Waals surface area contributed by atoms with Gasteiger partial charge in [0.1, 0.15) is 5.75 Å². The SMILES string of the molecule is CCCCCOC(=O)C(C)c1cccc(OC)c1. The molecule has 0 aliphatic heterocycles. The van der Waals surface area contributed by atoms with Crippen molar-refractivity contribution in [2.75, 3.05) is 13.7 Å². The third-order valence-corrected chi connectivity index (χ3v) is 2.94. The van der Waals surface area contributed by atoms with Crippen LogP contribution in [0.1, 0.15) is 44.6 Å². The summed E-state index contributed by atoms with van der Waals surface area (Å²) in [4.78, 5) is 11.8. The van der Waals surface area contributed by atoms with E-state index in [-0.39, 0.29) is 11.9 Å². The number of esters is 1. The van der Waals surface area contributed by atoms with Gasteiger partial charge < -0.3 is 9.47 Å². The fourth-order valence-electron chi connectivity index (χ4n) is 1.70. The normalized spacial score (nSPS) is 11.9. The number of methoxy groups -OCH3 is 1. The second-order valence-corrected chi connectivity index (χ2v) is 4.37. The third kappa shape index (κ3) is 4.40. The molecule has 0 spiro atoms. The van der Waals surface area contributed by atoms with E-state index in [9.17, 15) is 4.79 Å². The summed E-state index contributed by atoms with van der Waals surface area (Å²) < 4.78 is 10.4. The van der Waals surface area contributed by atoms with Crippen LogP contribution in [0.3, 0.4) is 0 Å². The molecule has 0 amide bonds. The van der Waals surface area contributed by atoms with Gasteiger partial charge in [0.2, 0.25) is 0 Å². The van der Waals surface area contributed by atoms with Crippen molar-refractivity contribution in [3.05, 3.63) is 29.8 Å². The Labute approximate surface area is 109 Å². The lowest BCUT2D eigenvalue weighted by molar-refractivity contribution is -0.145. The number of ether oxygens (including phenoxy) is 2. The number of carbonyl (C=O) groups is 1. The van der Waals surface area contributed by atoms with Crippen molar-refractivity contribution in [1.82, 2.24) is 0 Å². The number of hydrogen-bond acceptors (Lipinski definition) is 3. The molecule has 1 unspecified atom stereocenters. The van der Waals surface area contributed by atoms with Crippen LogP contribution < -0.4 is 4.74 Å². The summed E-state index contributed by atoms with van der Waals surface area (Å²) >= 11 is 0. The van der Waals surface area contributed by atoms with Gasteiger partial charge >= 0.3 is 5.97 Å². The fraction of sp³-hybridized carbons (Fsp3) is 0.533. The monoisotopic (exact) mass is 250 g/mol. The quantitative estimate of drug-likeness (QED) is 0.548. The molecule has 0 heterocycles. The molecule has 0 bridgehead atoms. The molecule has 0 aromatic heterocycles. The lowest BCUT2D eigenvalue weighted by Gasteiger charge is -2.12. The smallest absolute Gasteiger partial charge is 0.313 e. The second-order valence-electron chi connectivity index (χ2n) is 4.37. The van der Waals surface area contributed by atoms with Gasteiger partial charge in [-0.05, 0) is 31.0 Å². The van der Waals surface area contributed by atoms with E-state index in [1.807, 2.05) is 31.2 Å². The Morgan fingerprint density at radius 2 is 2.11 bits per heavy atom. The second kappa shape index (κ2) is 7.75. The maximum Gasteiger partial charge on any atom is 0.313 e. The molecule has 0 saturated heterocycles. The summed E-state index contributed by atoms with van der Waals surface area (Å²) in [6.45, 7) is 4.50. The van der Waals surface area contributed by atoms with Crippen molar-refractivity contribution in [3.8, 4) is 5.75 Å². The third-order valence-electron chi connectivity index (χ3n) is 2.94. The molecule has 0 aliphatic carbocycles. The highest BCUT2D eigenvalue weighted by Gasteiger charge is 2.16. The first-order valence-corrected chi connectivity index (χ1v) is 6.49. The molecule has 0 aliphatic rings. The van der Waals surface area contributed by atoms with Crippen molar-refractivity contribution >= 4 is 5.97 Å². The number of unbranched alkanes of at least 4 members (excludes halogenated alkanes) is 2. The lowest BCUT2D eigenvalue weighted by Crippen LogP contribution is -2.14. The van der Waals surface area contributed by atoms with Crippen LogP contribution in [0, 0.1) is 0 Å². The van der Waals surface area contributed by atoms with E-state index in [1.54, 1.807) is 7.11 Å². The van der Waals surface area contributed by atoms with E-state index in [2.05, 4.69) is 6.92 Å². The van der Waals surface area contributed by atoms with Gasteiger partial charge in [0.25, 0.3) is 0 Å². The van der Waals surface area contributed by atoms with Crippen LogP contribution in [0.5, 0.6) is 5.75 Å². The van der Waals surface area contributed by atoms with Gasteiger partial charge in [-0.2, -0.15) is 0 Å². The summed E-state index contributed by atoms with van der Waals surface area (Å²) in [5.41, 5.74) is 0.926. The number of rotatable bonds is 7. The predicted octanol–water partition coefficient (Wildman–Crippen LogP) is 3.53. The summed E-state index contributed by atoms with van der Waals surface area (Å²) in [6.07, 6.45) is 3.16. The fourth-order valence-corrected chi connectivity index (χ4v) is 1.70. The van der Waals surface area contributed by atoms with Crippen molar-refractivity contribution < 1.29 is 14.3 Å². The largest absolute Gasteiger partial charge is 0.497 e. The van der Waals surface area contributed by atoms with E-state index in [1.165, 1.54) is 0 Å². The number of benzene rings is 1. The van der Waals surface area contributed by atoms with Gasteiger partial charge in [0.05, 0.1) is 19.6 Å². The van der Waals surface area contributed by atoms with Crippen molar-refractivity contribution in [3.63, 3.8) is 0 Å². The molecule has 18 heavy (non-hydrogen) atoms. The van der Waals surface area contributed by atoms with Crippen molar-refractivity contribution in [1.29, 1.82) is 0 Å². The lowest BCUT2D eigenvalue weighted by atomic mass is 10.0. The van der Waals surface area contributed by atoms with Crippen LogP contribution in [-0.2, 0) is 9.53 Å². The Kier molecular flexibility index (Phi) is 6.26. The van der Waals surface area contributed by atoms with E-state index < -0.39 is 0 Å². The van der Waals surface area contributed by atoms with Crippen LogP contribution in [0.15, 0.2) is 24.3 Å². The van der Waals surface area contributed by atoms with Crippen LogP contribution >= 0.6 is 0 Å². The molecule has 3 nitrogen and oxygen atoms in total. The van der Waals surface area contributed by atoms with Crippen molar-refractivity contribution in [2.24, 2.45) is 0 Å². The molecule has 100 valence electrons. The van der Waals surface area contributed by atoms with Crippen molar-refractivity contribution in [2.45, 2.75) is 39.0 Å². The molecule has 1 aromatic carbocycles. The first kappa shape index (κ1) is 14.6. The highest BCUT2D eigenvalue weighted by Crippen LogP contribution is 2.21. The molecular formula is C15H22O3. The number of hydrogen-bond donors (Lipinski definition) is 0. The van der Waals surface area contributed by atoms with E-state index in [4.69, 9.17) is 9.47 Å². The van der Waals surface area contributed by atoms with Gasteiger partial charge in [-0.3, -0.25) is 4.79 Å². The van der Waals surface area contributed by atoms with Crippen LogP contribution in [-0.4, -0.2) is 19.7 Å². The van der Waals surface area contributed by atoms with E-state index in [0.717, 1.165) is 30.6 Å². The first-order valence-electron chi connectivity index (χ1n) is 6.49. The topological polar surface area (TPSA) is 35.5 Å². The standard InChI is InChI=1S/C15H22O3/c1-4-5-6-10-18-15(16)12(2)13-8-7-9-14(11-13)17-3/h7-9,11-12H,4-6,10H2,1-3H3. The Morgan fingerprint density at radius 1 is 1.33 bits per heavy atom. The minimum absolute atomic E-state index is 0.167. The predicted molar refractivity (Wildman–Crippen MR) is 71.9 cm³/mol. The summed E-state index contributed by atoms with van der Waals surface area (Å²) in [7, 11) is 1.62. The van der Waals surface area contributed by atoms with Gasteiger partial charge in [0, 0.05) is 0 Å². The minimum atomic E-state index is -0.248.